The number of nitrogens with zero attached hydrogens (tertiary/aromatic N) is 1. The minimum absolute atomic E-state index is 0.285. The van der Waals surface area contributed by atoms with Gasteiger partial charge in [0.2, 0.25) is 0 Å². The van der Waals surface area contributed by atoms with E-state index in [1.807, 2.05) is 6.07 Å². The summed E-state index contributed by atoms with van der Waals surface area (Å²) in [6.45, 7) is 0. The first-order valence-electron chi connectivity index (χ1n) is 8.20. The maximum Gasteiger partial charge on any atom is 0.344 e. The largest absolute Gasteiger partial charge is 0.423 e. The highest BCUT2D eigenvalue weighted by Gasteiger charge is 2.15. The average molecular weight is 426 g/mol. The number of fused-ring (bicyclic) bond motifs is 1. The number of hydrogen-bond donors (Lipinski definition) is 0. The molecule has 4 nitrogen and oxygen atoms in total. The summed E-state index contributed by atoms with van der Waals surface area (Å²) in [7, 11) is 0. The van der Waals surface area contributed by atoms with Gasteiger partial charge in [-0.1, -0.05) is 35.5 Å². The standard InChI is InChI=1S/C21H13BrFNO3/c22-17-7-3-2-6-15(17)21(25)26-14-9-10-16-19(24-27-20(16)12-14)11-13-5-1-4-8-18(13)23/h1-10,12H,11H2. The van der Waals surface area contributed by atoms with Crippen LogP contribution in [0, 0.1) is 5.82 Å². The van der Waals surface area contributed by atoms with Crippen molar-refractivity contribution < 1.29 is 18.4 Å². The molecule has 3 aromatic carbocycles. The van der Waals surface area contributed by atoms with Crippen LogP contribution in [-0.2, 0) is 6.42 Å². The van der Waals surface area contributed by atoms with Crippen LogP contribution in [0.2, 0.25) is 0 Å². The Morgan fingerprint density at radius 3 is 2.67 bits per heavy atom. The van der Waals surface area contributed by atoms with Crippen LogP contribution in [0.1, 0.15) is 21.6 Å². The van der Waals surface area contributed by atoms with Crippen LogP contribution in [0.25, 0.3) is 11.0 Å². The summed E-state index contributed by atoms with van der Waals surface area (Å²) in [6.07, 6.45) is 0.315. The SMILES string of the molecule is O=C(Oc1ccc2c(Cc3ccccc3F)noc2c1)c1ccccc1Br. The molecule has 4 rings (SSSR count). The smallest absolute Gasteiger partial charge is 0.344 e. The molecular formula is C21H13BrFNO3. The molecule has 1 heterocycles. The maximum absolute atomic E-state index is 13.9. The van der Waals surface area contributed by atoms with E-state index < -0.39 is 5.97 Å². The summed E-state index contributed by atoms with van der Waals surface area (Å²) in [4.78, 5) is 12.3. The third-order valence-electron chi connectivity index (χ3n) is 4.14. The van der Waals surface area contributed by atoms with E-state index in [4.69, 9.17) is 9.26 Å². The number of rotatable bonds is 4. The lowest BCUT2D eigenvalue weighted by Crippen LogP contribution is -2.09. The van der Waals surface area contributed by atoms with Crippen molar-refractivity contribution in [3.63, 3.8) is 0 Å². The highest BCUT2D eigenvalue weighted by Crippen LogP contribution is 2.27. The molecule has 6 heteroatoms. The van der Waals surface area contributed by atoms with Gasteiger partial charge in [-0.15, -0.1) is 0 Å². The Bertz CT molecular complexity index is 1140. The van der Waals surface area contributed by atoms with Crippen molar-refractivity contribution in [3.05, 3.63) is 93.8 Å². The van der Waals surface area contributed by atoms with Crippen molar-refractivity contribution in [1.82, 2.24) is 5.16 Å². The van der Waals surface area contributed by atoms with Crippen molar-refractivity contribution in [2.24, 2.45) is 0 Å². The van der Waals surface area contributed by atoms with Gasteiger partial charge in [0.05, 0.1) is 11.3 Å². The zero-order chi connectivity index (χ0) is 18.8. The Kier molecular flexibility index (Phi) is 4.73. The van der Waals surface area contributed by atoms with Gasteiger partial charge in [0, 0.05) is 22.3 Å². The van der Waals surface area contributed by atoms with E-state index in [1.54, 1.807) is 54.6 Å². The predicted octanol–water partition coefficient (Wildman–Crippen LogP) is 5.54. The molecule has 0 aliphatic heterocycles. The number of esters is 1. The molecule has 4 aromatic rings. The molecule has 1 aromatic heterocycles. The third-order valence-corrected chi connectivity index (χ3v) is 4.83. The molecular weight excluding hydrogens is 413 g/mol. The molecule has 0 unspecified atom stereocenters. The van der Waals surface area contributed by atoms with Gasteiger partial charge in [0.25, 0.3) is 0 Å². The molecule has 27 heavy (non-hydrogen) atoms. The zero-order valence-corrected chi connectivity index (χ0v) is 15.6. The van der Waals surface area contributed by atoms with E-state index in [1.165, 1.54) is 6.07 Å². The molecule has 0 N–H and O–H groups in total. The fourth-order valence-electron chi connectivity index (χ4n) is 2.77. The van der Waals surface area contributed by atoms with Gasteiger partial charge in [-0.05, 0) is 51.8 Å². The van der Waals surface area contributed by atoms with Gasteiger partial charge in [-0.3, -0.25) is 0 Å². The highest BCUT2D eigenvalue weighted by molar-refractivity contribution is 9.10. The van der Waals surface area contributed by atoms with E-state index in [9.17, 15) is 9.18 Å². The topological polar surface area (TPSA) is 52.3 Å². The Balaban J connectivity index is 1.58. The van der Waals surface area contributed by atoms with E-state index >= 15 is 0 Å². The van der Waals surface area contributed by atoms with Crippen LogP contribution in [0.5, 0.6) is 5.75 Å². The number of ether oxygens (including phenoxy) is 1. The number of carbonyl (C=O) groups excluding carboxylic acids is 1. The molecule has 0 aliphatic rings. The molecule has 0 aliphatic carbocycles. The summed E-state index contributed by atoms with van der Waals surface area (Å²) < 4.78 is 25.3. The lowest BCUT2D eigenvalue weighted by atomic mass is 10.1. The lowest BCUT2D eigenvalue weighted by Gasteiger charge is -2.05. The Hall–Kier alpha value is -2.99. The van der Waals surface area contributed by atoms with Gasteiger partial charge in [0.1, 0.15) is 11.6 Å². The third kappa shape index (κ3) is 3.61. The fraction of sp³-hybridized carbons (Fsp3) is 0.0476. The van der Waals surface area contributed by atoms with Crippen LogP contribution in [-0.4, -0.2) is 11.1 Å². The summed E-state index contributed by atoms with van der Waals surface area (Å²) in [5, 5.41) is 4.78. The van der Waals surface area contributed by atoms with Crippen molar-refractivity contribution in [1.29, 1.82) is 0 Å². The van der Waals surface area contributed by atoms with Crippen LogP contribution >= 0.6 is 15.9 Å². The van der Waals surface area contributed by atoms with Gasteiger partial charge < -0.3 is 9.26 Å². The van der Waals surface area contributed by atoms with Gasteiger partial charge >= 0.3 is 5.97 Å². The fourth-order valence-corrected chi connectivity index (χ4v) is 3.22. The Labute approximate surface area is 162 Å². The first kappa shape index (κ1) is 17.4. The summed E-state index contributed by atoms with van der Waals surface area (Å²) in [5.41, 5.74) is 2.06. The van der Waals surface area contributed by atoms with E-state index in [-0.39, 0.29) is 5.82 Å². The number of benzene rings is 3. The van der Waals surface area contributed by atoms with Gasteiger partial charge in [-0.25, -0.2) is 9.18 Å². The van der Waals surface area contributed by atoms with Crippen LogP contribution < -0.4 is 4.74 Å². The predicted molar refractivity (Wildman–Crippen MR) is 102 cm³/mol. The van der Waals surface area contributed by atoms with Crippen molar-refractivity contribution in [2.45, 2.75) is 6.42 Å². The Morgan fingerprint density at radius 2 is 1.85 bits per heavy atom. The van der Waals surface area contributed by atoms with Crippen LogP contribution in [0.4, 0.5) is 4.39 Å². The van der Waals surface area contributed by atoms with Crippen molar-refractivity contribution in [2.75, 3.05) is 0 Å². The van der Waals surface area contributed by atoms with Crippen LogP contribution in [0.3, 0.4) is 0 Å². The van der Waals surface area contributed by atoms with Gasteiger partial charge in [0.15, 0.2) is 5.58 Å². The molecule has 0 spiro atoms. The molecule has 0 saturated heterocycles. The monoisotopic (exact) mass is 425 g/mol. The molecule has 0 fully saturated rings. The van der Waals surface area contributed by atoms with E-state index in [0.717, 1.165) is 5.39 Å². The molecule has 0 amide bonds. The molecule has 0 radical (unpaired) electrons. The molecule has 0 atom stereocenters. The molecule has 0 bridgehead atoms. The normalized spacial score (nSPS) is 10.9. The quantitative estimate of drug-likeness (QED) is 0.318. The second kappa shape index (κ2) is 7.32. The first-order valence-corrected chi connectivity index (χ1v) is 8.99. The van der Waals surface area contributed by atoms with Crippen LogP contribution in [0.15, 0.2) is 75.7 Å². The minimum atomic E-state index is -0.479. The average Bonchev–Trinajstić information content (AvgIpc) is 3.06. The first-order chi connectivity index (χ1) is 13.1. The molecule has 0 saturated carbocycles. The van der Waals surface area contributed by atoms with Crippen molar-refractivity contribution >= 4 is 32.9 Å². The molecule has 134 valence electrons. The summed E-state index contributed by atoms with van der Waals surface area (Å²) >= 11 is 3.33. The van der Waals surface area contributed by atoms with E-state index in [2.05, 4.69) is 21.1 Å². The maximum atomic E-state index is 13.9. The van der Waals surface area contributed by atoms with Gasteiger partial charge in [-0.2, -0.15) is 0 Å². The number of halogens is 2. The second-order valence-corrected chi connectivity index (χ2v) is 6.78. The number of aromatic nitrogens is 1. The Morgan fingerprint density at radius 1 is 1.07 bits per heavy atom. The zero-order valence-electron chi connectivity index (χ0n) is 14.0. The minimum Gasteiger partial charge on any atom is -0.423 e. The second-order valence-electron chi connectivity index (χ2n) is 5.92. The number of hydrogen-bond acceptors (Lipinski definition) is 4. The lowest BCUT2D eigenvalue weighted by molar-refractivity contribution is 0.0734. The summed E-state index contributed by atoms with van der Waals surface area (Å²) in [6, 6.07) is 18.6. The number of carbonyl (C=O) groups is 1. The highest BCUT2D eigenvalue weighted by atomic mass is 79.9. The van der Waals surface area contributed by atoms with E-state index in [0.29, 0.717) is 39.0 Å². The van der Waals surface area contributed by atoms with Crippen molar-refractivity contribution in [3.8, 4) is 5.75 Å². The summed E-state index contributed by atoms with van der Waals surface area (Å²) in [5.74, 6) is -0.419.